The van der Waals surface area contributed by atoms with Crippen molar-refractivity contribution in [3.05, 3.63) is 12.2 Å². The Balaban J connectivity index is 3.02. The van der Waals surface area contributed by atoms with Crippen LogP contribution in [-0.2, 0) is 4.74 Å². The molecule has 2 heteroatoms. The normalized spacial score (nSPS) is 11.6. The first kappa shape index (κ1) is 9.99. The van der Waals surface area contributed by atoms with Gasteiger partial charge in [-0.1, -0.05) is 12.2 Å². The zero-order valence-electron chi connectivity index (χ0n) is 6.64. The molecule has 10 heavy (non-hydrogen) atoms. The zero-order chi connectivity index (χ0) is 7.82. The summed E-state index contributed by atoms with van der Waals surface area (Å²) in [6.07, 6.45) is 5.29. The molecular formula is C8H15ClO. The highest BCUT2D eigenvalue weighted by atomic mass is 35.5. The largest absolute Gasteiger partial charge is 0.375 e. The minimum absolute atomic E-state index is 0.320. The Morgan fingerprint density at radius 1 is 1.40 bits per heavy atom. The summed E-state index contributed by atoms with van der Waals surface area (Å²) in [6.45, 7) is 4.75. The second-order valence-electron chi connectivity index (χ2n) is 2.33. The fourth-order valence-corrected chi connectivity index (χ4v) is 0.623. The van der Waals surface area contributed by atoms with E-state index in [0.29, 0.717) is 18.6 Å². The van der Waals surface area contributed by atoms with Crippen LogP contribution in [0.5, 0.6) is 0 Å². The van der Waals surface area contributed by atoms with E-state index >= 15 is 0 Å². The molecule has 0 aromatic heterocycles. The Morgan fingerprint density at radius 3 is 2.60 bits per heavy atom. The highest BCUT2D eigenvalue weighted by molar-refractivity contribution is 6.17. The highest BCUT2D eigenvalue weighted by Gasteiger charge is 1.86. The SMILES string of the molecule is CC(C)OCC=CCCCl. The van der Waals surface area contributed by atoms with Crippen molar-refractivity contribution < 1.29 is 4.74 Å². The summed E-state index contributed by atoms with van der Waals surface area (Å²) < 4.78 is 5.26. The second-order valence-corrected chi connectivity index (χ2v) is 2.71. The van der Waals surface area contributed by atoms with Crippen molar-refractivity contribution in [2.24, 2.45) is 0 Å². The lowest BCUT2D eigenvalue weighted by molar-refractivity contribution is 0.102. The maximum atomic E-state index is 5.45. The Bertz CT molecular complexity index is 89.3. The van der Waals surface area contributed by atoms with Crippen LogP contribution >= 0.6 is 11.6 Å². The van der Waals surface area contributed by atoms with Gasteiger partial charge in [0.2, 0.25) is 0 Å². The van der Waals surface area contributed by atoms with Gasteiger partial charge in [0.25, 0.3) is 0 Å². The van der Waals surface area contributed by atoms with Crippen molar-refractivity contribution in [3.8, 4) is 0 Å². The van der Waals surface area contributed by atoms with Gasteiger partial charge in [-0.2, -0.15) is 0 Å². The van der Waals surface area contributed by atoms with Crippen molar-refractivity contribution in [3.63, 3.8) is 0 Å². The van der Waals surface area contributed by atoms with Gasteiger partial charge in [0.05, 0.1) is 12.7 Å². The van der Waals surface area contributed by atoms with Crippen molar-refractivity contribution in [1.29, 1.82) is 0 Å². The minimum Gasteiger partial charge on any atom is -0.375 e. The second kappa shape index (κ2) is 7.10. The number of hydrogen-bond donors (Lipinski definition) is 0. The van der Waals surface area contributed by atoms with E-state index < -0.39 is 0 Å². The van der Waals surface area contributed by atoms with Gasteiger partial charge in [0.1, 0.15) is 0 Å². The van der Waals surface area contributed by atoms with Gasteiger partial charge in [-0.05, 0) is 20.3 Å². The predicted molar refractivity (Wildman–Crippen MR) is 45.6 cm³/mol. The van der Waals surface area contributed by atoms with Crippen LogP contribution in [0.4, 0.5) is 0 Å². The first-order valence-electron chi connectivity index (χ1n) is 3.60. The van der Waals surface area contributed by atoms with Crippen LogP contribution in [0.3, 0.4) is 0 Å². The zero-order valence-corrected chi connectivity index (χ0v) is 7.40. The van der Waals surface area contributed by atoms with E-state index in [-0.39, 0.29) is 0 Å². The number of ether oxygens (including phenoxy) is 1. The summed E-state index contributed by atoms with van der Waals surface area (Å²) in [7, 11) is 0. The third kappa shape index (κ3) is 7.99. The van der Waals surface area contributed by atoms with Crippen LogP contribution in [0.25, 0.3) is 0 Å². The maximum Gasteiger partial charge on any atom is 0.0650 e. The first-order valence-corrected chi connectivity index (χ1v) is 4.13. The minimum atomic E-state index is 0.320. The summed E-state index contributed by atoms with van der Waals surface area (Å²) in [6, 6.07) is 0. The van der Waals surface area contributed by atoms with Crippen LogP contribution < -0.4 is 0 Å². The molecule has 0 saturated heterocycles. The van der Waals surface area contributed by atoms with Crippen LogP contribution in [0, 0.1) is 0 Å². The van der Waals surface area contributed by atoms with Crippen LogP contribution in [0.15, 0.2) is 12.2 Å². The Hall–Kier alpha value is -0.0100. The molecule has 0 bridgehead atoms. The topological polar surface area (TPSA) is 9.23 Å². The molecule has 0 aliphatic carbocycles. The Kier molecular flexibility index (Phi) is 7.09. The number of alkyl halides is 1. The first-order chi connectivity index (χ1) is 4.77. The van der Waals surface area contributed by atoms with Crippen LogP contribution in [0.2, 0.25) is 0 Å². The van der Waals surface area contributed by atoms with E-state index in [1.165, 1.54) is 0 Å². The smallest absolute Gasteiger partial charge is 0.0650 e. The molecule has 1 nitrogen and oxygen atoms in total. The summed E-state index contributed by atoms with van der Waals surface area (Å²) in [5.41, 5.74) is 0. The summed E-state index contributed by atoms with van der Waals surface area (Å²) in [5.74, 6) is 0.693. The third-order valence-corrected chi connectivity index (χ3v) is 1.19. The van der Waals surface area contributed by atoms with Gasteiger partial charge in [0.15, 0.2) is 0 Å². The number of halogens is 1. The Labute approximate surface area is 68.0 Å². The molecule has 0 saturated carbocycles. The molecule has 0 heterocycles. The molecule has 60 valence electrons. The lowest BCUT2D eigenvalue weighted by atomic mass is 10.4. The van der Waals surface area contributed by atoms with Gasteiger partial charge in [-0.15, -0.1) is 11.6 Å². The summed E-state index contributed by atoms with van der Waals surface area (Å²) in [4.78, 5) is 0. The Morgan fingerprint density at radius 2 is 2.10 bits per heavy atom. The molecule has 0 unspecified atom stereocenters. The molecule has 0 N–H and O–H groups in total. The average molecular weight is 163 g/mol. The van der Waals surface area contributed by atoms with Gasteiger partial charge >= 0.3 is 0 Å². The fraction of sp³-hybridized carbons (Fsp3) is 0.750. The molecule has 0 aliphatic rings. The molecule has 0 rings (SSSR count). The van der Waals surface area contributed by atoms with Gasteiger partial charge in [0, 0.05) is 5.88 Å². The van der Waals surface area contributed by atoms with E-state index in [1.807, 2.05) is 26.0 Å². The standard InChI is InChI=1S/C8H15ClO/c1-8(2)10-7-5-3-4-6-9/h3,5,8H,4,6-7H2,1-2H3. The molecule has 0 amide bonds. The number of hydrogen-bond acceptors (Lipinski definition) is 1. The summed E-state index contributed by atoms with van der Waals surface area (Å²) >= 11 is 5.45. The van der Waals surface area contributed by atoms with Gasteiger partial charge in [-0.25, -0.2) is 0 Å². The molecule has 0 aromatic rings. The van der Waals surface area contributed by atoms with Gasteiger partial charge < -0.3 is 4.74 Å². The molecule has 0 spiro atoms. The fourth-order valence-electron chi connectivity index (χ4n) is 0.497. The van der Waals surface area contributed by atoms with Crippen molar-refractivity contribution >= 4 is 11.6 Å². The van der Waals surface area contributed by atoms with Crippen molar-refractivity contribution in [2.45, 2.75) is 26.4 Å². The van der Waals surface area contributed by atoms with E-state index in [1.54, 1.807) is 0 Å². The van der Waals surface area contributed by atoms with Crippen LogP contribution in [0.1, 0.15) is 20.3 Å². The highest BCUT2D eigenvalue weighted by Crippen LogP contribution is 1.90. The number of rotatable bonds is 5. The van der Waals surface area contributed by atoms with E-state index in [0.717, 1.165) is 6.42 Å². The lowest BCUT2D eigenvalue weighted by Crippen LogP contribution is -2.01. The van der Waals surface area contributed by atoms with E-state index in [9.17, 15) is 0 Å². The molecule has 0 fully saturated rings. The number of allylic oxidation sites excluding steroid dienone is 1. The molecule has 0 atom stereocenters. The quantitative estimate of drug-likeness (QED) is 0.446. The van der Waals surface area contributed by atoms with Crippen LogP contribution in [-0.4, -0.2) is 18.6 Å². The molecule has 0 radical (unpaired) electrons. The third-order valence-electron chi connectivity index (χ3n) is 0.968. The maximum absolute atomic E-state index is 5.45. The monoisotopic (exact) mass is 162 g/mol. The van der Waals surface area contributed by atoms with Crippen molar-refractivity contribution in [2.75, 3.05) is 12.5 Å². The van der Waals surface area contributed by atoms with Gasteiger partial charge in [-0.3, -0.25) is 0 Å². The lowest BCUT2D eigenvalue weighted by Gasteiger charge is -2.02. The molecule has 0 aliphatic heterocycles. The predicted octanol–water partition coefficient (Wildman–Crippen LogP) is 2.60. The van der Waals surface area contributed by atoms with E-state index in [4.69, 9.17) is 16.3 Å². The van der Waals surface area contributed by atoms with E-state index in [2.05, 4.69) is 0 Å². The summed E-state index contributed by atoms with van der Waals surface area (Å²) in [5, 5.41) is 0. The molecule has 0 aromatic carbocycles. The molecular weight excluding hydrogens is 148 g/mol. The van der Waals surface area contributed by atoms with Crippen molar-refractivity contribution in [1.82, 2.24) is 0 Å². The average Bonchev–Trinajstić information content (AvgIpc) is 1.87.